The Hall–Kier alpha value is -2.58. The highest BCUT2D eigenvalue weighted by Crippen LogP contribution is 2.22. The van der Waals surface area contributed by atoms with Gasteiger partial charge in [0.1, 0.15) is 11.6 Å². The van der Waals surface area contributed by atoms with E-state index in [9.17, 15) is 8.78 Å². The lowest BCUT2D eigenvalue weighted by molar-refractivity contribution is 0.208. The van der Waals surface area contributed by atoms with Crippen LogP contribution in [0.1, 0.15) is 24.0 Å². The Balaban J connectivity index is 1.63. The Morgan fingerprint density at radius 3 is 2.79 bits per heavy atom. The Morgan fingerprint density at radius 2 is 2.04 bits per heavy atom. The highest BCUT2D eigenvalue weighted by Gasteiger charge is 2.21. The van der Waals surface area contributed by atoms with Gasteiger partial charge < -0.3 is 11.1 Å². The van der Waals surface area contributed by atoms with Crippen LogP contribution in [0.5, 0.6) is 0 Å². The number of benzene rings is 2. The van der Waals surface area contributed by atoms with Crippen LogP contribution >= 0.6 is 12.2 Å². The highest BCUT2D eigenvalue weighted by molar-refractivity contribution is 7.80. The Bertz CT molecular complexity index is 844. The first-order chi connectivity index (χ1) is 13.5. The van der Waals surface area contributed by atoms with Crippen molar-refractivity contribution in [2.24, 2.45) is 10.8 Å². The maximum atomic E-state index is 14.4. The molecule has 0 aromatic heterocycles. The van der Waals surface area contributed by atoms with Crippen molar-refractivity contribution >= 4 is 29.2 Å². The molecular weight excluding hydrogens is 380 g/mol. The van der Waals surface area contributed by atoms with E-state index in [1.165, 1.54) is 5.56 Å². The number of halogens is 2. The minimum atomic E-state index is -0.575. The molecule has 4 N–H and O–H groups in total. The topological polar surface area (TPSA) is 65.7 Å². The Morgan fingerprint density at radius 1 is 1.25 bits per heavy atom. The molecule has 28 heavy (non-hydrogen) atoms. The van der Waals surface area contributed by atoms with Gasteiger partial charge >= 0.3 is 0 Å². The van der Waals surface area contributed by atoms with Gasteiger partial charge in [-0.3, -0.25) is 10.3 Å². The number of likely N-dealkylation sites (tertiary alicyclic amines) is 1. The summed E-state index contributed by atoms with van der Waals surface area (Å²) >= 11 is 4.60. The second-order valence-electron chi connectivity index (χ2n) is 6.79. The van der Waals surface area contributed by atoms with Crippen LogP contribution < -0.4 is 16.5 Å². The second-order valence-corrected chi connectivity index (χ2v) is 7.23. The van der Waals surface area contributed by atoms with E-state index in [1.807, 2.05) is 18.2 Å². The van der Waals surface area contributed by atoms with Crippen molar-refractivity contribution in [3.05, 3.63) is 65.2 Å². The molecule has 0 amide bonds. The van der Waals surface area contributed by atoms with Crippen LogP contribution in [0, 0.1) is 11.6 Å². The molecule has 0 aliphatic carbocycles. The summed E-state index contributed by atoms with van der Waals surface area (Å²) in [5.41, 5.74) is 8.97. The molecular formula is C20H23F2N5S. The van der Waals surface area contributed by atoms with Crippen molar-refractivity contribution in [1.82, 2.24) is 10.3 Å². The lowest BCUT2D eigenvalue weighted by Gasteiger charge is -2.33. The molecule has 1 aliphatic heterocycles. The summed E-state index contributed by atoms with van der Waals surface area (Å²) in [5.74, 6) is -1.10. The fourth-order valence-corrected chi connectivity index (χ4v) is 3.37. The van der Waals surface area contributed by atoms with E-state index in [1.54, 1.807) is 0 Å². The van der Waals surface area contributed by atoms with Crippen LogP contribution in [0.3, 0.4) is 0 Å². The van der Waals surface area contributed by atoms with Gasteiger partial charge in [0.25, 0.3) is 0 Å². The Kier molecular flexibility index (Phi) is 6.89. The summed E-state index contributed by atoms with van der Waals surface area (Å²) < 4.78 is 28.7. The van der Waals surface area contributed by atoms with E-state index in [0.717, 1.165) is 50.8 Å². The van der Waals surface area contributed by atoms with Gasteiger partial charge in [-0.15, -0.1) is 0 Å². The molecule has 0 saturated carbocycles. The molecule has 148 valence electrons. The van der Waals surface area contributed by atoms with Gasteiger partial charge in [0, 0.05) is 30.8 Å². The maximum Gasteiger partial charge on any atom is 0.184 e. The quantitative estimate of drug-likeness (QED) is 0.393. The van der Waals surface area contributed by atoms with E-state index in [-0.39, 0.29) is 22.4 Å². The third-order valence-corrected chi connectivity index (χ3v) is 4.67. The number of piperidine rings is 1. The van der Waals surface area contributed by atoms with Crippen molar-refractivity contribution in [3.8, 4) is 0 Å². The molecule has 0 radical (unpaired) electrons. The summed E-state index contributed by atoms with van der Waals surface area (Å²) in [5, 5.41) is 6.76. The molecule has 0 spiro atoms. The number of anilines is 1. The molecule has 3 rings (SSSR count). The van der Waals surface area contributed by atoms with Crippen molar-refractivity contribution in [2.45, 2.75) is 25.4 Å². The van der Waals surface area contributed by atoms with E-state index in [4.69, 9.17) is 5.73 Å². The molecule has 1 saturated heterocycles. The SMILES string of the molecule is NC(=S)N/N=C/c1cc(F)c(N[C@H]2CCCN(Cc3ccccc3)C2)cc1F. The third kappa shape index (κ3) is 5.71. The van der Waals surface area contributed by atoms with Crippen molar-refractivity contribution in [3.63, 3.8) is 0 Å². The first-order valence-electron chi connectivity index (χ1n) is 9.11. The van der Waals surface area contributed by atoms with Gasteiger partial charge in [0.2, 0.25) is 0 Å². The summed E-state index contributed by atoms with van der Waals surface area (Å²) in [6.45, 7) is 2.62. The fourth-order valence-electron chi connectivity index (χ4n) is 3.32. The summed E-state index contributed by atoms with van der Waals surface area (Å²) in [6, 6.07) is 12.6. The number of nitrogens with one attached hydrogen (secondary N) is 2. The van der Waals surface area contributed by atoms with Gasteiger partial charge in [-0.1, -0.05) is 30.3 Å². The van der Waals surface area contributed by atoms with Crippen LogP contribution in [0.2, 0.25) is 0 Å². The van der Waals surface area contributed by atoms with E-state index in [2.05, 4.69) is 45.1 Å². The zero-order valence-corrected chi connectivity index (χ0v) is 16.2. The largest absolute Gasteiger partial charge is 0.379 e. The first-order valence-corrected chi connectivity index (χ1v) is 9.52. The van der Waals surface area contributed by atoms with Crippen molar-refractivity contribution in [2.75, 3.05) is 18.4 Å². The second kappa shape index (κ2) is 9.57. The number of hydrogen-bond donors (Lipinski definition) is 3. The van der Waals surface area contributed by atoms with Crippen LogP contribution in [0.4, 0.5) is 14.5 Å². The summed E-state index contributed by atoms with van der Waals surface area (Å²) in [7, 11) is 0. The summed E-state index contributed by atoms with van der Waals surface area (Å²) in [6.07, 6.45) is 3.06. The van der Waals surface area contributed by atoms with Gasteiger partial charge in [-0.05, 0) is 43.2 Å². The number of thiocarbonyl (C=S) groups is 1. The molecule has 0 unspecified atom stereocenters. The van der Waals surface area contributed by atoms with Crippen molar-refractivity contribution in [1.29, 1.82) is 0 Å². The predicted molar refractivity (Wildman–Crippen MR) is 112 cm³/mol. The molecule has 2 aromatic rings. The van der Waals surface area contributed by atoms with Gasteiger partial charge in [0.05, 0.1) is 11.9 Å². The number of nitrogens with two attached hydrogens (primary N) is 1. The van der Waals surface area contributed by atoms with Crippen molar-refractivity contribution < 1.29 is 8.78 Å². The number of hydrogen-bond acceptors (Lipinski definition) is 4. The minimum Gasteiger partial charge on any atom is -0.379 e. The molecule has 2 aromatic carbocycles. The van der Waals surface area contributed by atoms with E-state index >= 15 is 0 Å². The van der Waals surface area contributed by atoms with Crippen LogP contribution in [0.15, 0.2) is 47.6 Å². The molecule has 1 fully saturated rings. The van der Waals surface area contributed by atoms with Crippen LogP contribution in [-0.4, -0.2) is 35.4 Å². The number of rotatable bonds is 6. The van der Waals surface area contributed by atoms with Gasteiger partial charge in [-0.25, -0.2) is 8.78 Å². The smallest absolute Gasteiger partial charge is 0.184 e. The molecule has 0 bridgehead atoms. The number of hydrazone groups is 1. The lowest BCUT2D eigenvalue weighted by atomic mass is 10.0. The molecule has 5 nitrogen and oxygen atoms in total. The molecule has 1 atom stereocenters. The highest BCUT2D eigenvalue weighted by atomic mass is 32.1. The third-order valence-electron chi connectivity index (χ3n) is 4.58. The first kappa shape index (κ1) is 20.2. The zero-order valence-electron chi connectivity index (χ0n) is 15.4. The molecule has 1 aliphatic rings. The lowest BCUT2D eigenvalue weighted by Crippen LogP contribution is -2.41. The van der Waals surface area contributed by atoms with Gasteiger partial charge in [0.15, 0.2) is 5.11 Å². The summed E-state index contributed by atoms with van der Waals surface area (Å²) in [4.78, 5) is 2.33. The molecule has 1 heterocycles. The van der Waals surface area contributed by atoms with E-state index < -0.39 is 11.6 Å². The standard InChI is InChI=1S/C20H23F2N5S/c21-17-10-19(18(22)9-15(17)11-24-26-20(23)28)25-16-7-4-8-27(13-16)12-14-5-2-1-3-6-14/h1-3,5-6,9-11,16,25H,4,7-8,12-13H2,(H3,23,26,28)/b24-11+/t16-/m0/s1. The zero-order chi connectivity index (χ0) is 19.9. The average molecular weight is 404 g/mol. The Labute approximate surface area is 168 Å². The van der Waals surface area contributed by atoms with Gasteiger partial charge in [-0.2, -0.15) is 5.10 Å². The predicted octanol–water partition coefficient (Wildman–Crippen LogP) is 3.21. The monoisotopic (exact) mass is 403 g/mol. The molecule has 8 heteroatoms. The number of nitrogens with zero attached hydrogens (tertiary/aromatic N) is 2. The van der Waals surface area contributed by atoms with Crippen LogP contribution in [0.25, 0.3) is 0 Å². The minimum absolute atomic E-state index is 0.0150. The fraction of sp³-hybridized carbons (Fsp3) is 0.300. The average Bonchev–Trinajstić information content (AvgIpc) is 2.66. The van der Waals surface area contributed by atoms with Crippen LogP contribution in [-0.2, 0) is 6.54 Å². The van der Waals surface area contributed by atoms with E-state index in [0.29, 0.717) is 0 Å². The maximum absolute atomic E-state index is 14.4. The normalized spacial score (nSPS) is 17.6.